The number of carbonyl (C=O) groups is 1. The molecule has 0 fully saturated rings. The Kier molecular flexibility index (Phi) is 3.87. The third-order valence-electron chi connectivity index (χ3n) is 2.72. The van der Waals surface area contributed by atoms with E-state index in [1.807, 2.05) is 44.2 Å². The Morgan fingerprint density at radius 1 is 1.28 bits per heavy atom. The van der Waals surface area contributed by atoms with Gasteiger partial charge in [-0.3, -0.25) is 4.79 Å². The van der Waals surface area contributed by atoms with Crippen molar-refractivity contribution in [2.24, 2.45) is 5.92 Å². The highest BCUT2D eigenvalue weighted by Crippen LogP contribution is 2.31. The lowest BCUT2D eigenvalue weighted by atomic mass is 10.1. The molecule has 94 valence electrons. The summed E-state index contributed by atoms with van der Waals surface area (Å²) >= 11 is 1.32. The van der Waals surface area contributed by atoms with Gasteiger partial charge in [-0.2, -0.15) is 0 Å². The molecule has 0 radical (unpaired) electrons. The molecule has 18 heavy (non-hydrogen) atoms. The fourth-order valence-electron chi connectivity index (χ4n) is 1.78. The highest BCUT2D eigenvalue weighted by Gasteiger charge is 2.24. The van der Waals surface area contributed by atoms with Crippen molar-refractivity contribution < 1.29 is 9.90 Å². The smallest absolute Gasteiger partial charge is 0.317 e. The number of carboxylic acids is 1. The van der Waals surface area contributed by atoms with Crippen LogP contribution in [0.1, 0.15) is 13.8 Å². The molecule has 1 aromatic heterocycles. The third kappa shape index (κ3) is 2.64. The minimum Gasteiger partial charge on any atom is -0.480 e. The van der Waals surface area contributed by atoms with Crippen LogP contribution >= 0.6 is 11.8 Å². The van der Waals surface area contributed by atoms with E-state index in [2.05, 4.69) is 4.98 Å². The number of benzene rings is 1. The van der Waals surface area contributed by atoms with Gasteiger partial charge in [-0.1, -0.05) is 49.9 Å². The van der Waals surface area contributed by atoms with Gasteiger partial charge in [-0.25, -0.2) is 4.98 Å². The molecule has 3 nitrogen and oxygen atoms in total. The van der Waals surface area contributed by atoms with Crippen LogP contribution in [-0.4, -0.2) is 21.3 Å². The lowest BCUT2D eigenvalue weighted by Gasteiger charge is -2.15. The highest BCUT2D eigenvalue weighted by atomic mass is 32.2. The third-order valence-corrected chi connectivity index (χ3v) is 4.27. The molecule has 1 N–H and O–H groups in total. The second-order valence-electron chi connectivity index (χ2n) is 4.46. The minimum atomic E-state index is -0.787. The molecule has 0 amide bonds. The van der Waals surface area contributed by atoms with Crippen LogP contribution < -0.4 is 0 Å². The van der Waals surface area contributed by atoms with E-state index < -0.39 is 11.2 Å². The zero-order valence-corrected chi connectivity index (χ0v) is 11.1. The lowest BCUT2D eigenvalue weighted by molar-refractivity contribution is -0.137. The Labute approximate surface area is 110 Å². The van der Waals surface area contributed by atoms with E-state index in [9.17, 15) is 9.90 Å². The highest BCUT2D eigenvalue weighted by molar-refractivity contribution is 8.00. The van der Waals surface area contributed by atoms with Crippen molar-refractivity contribution in [1.82, 2.24) is 4.98 Å². The first-order valence-electron chi connectivity index (χ1n) is 5.83. The number of carboxylic acid groups (broad SMARTS) is 1. The minimum absolute atomic E-state index is 0.0632. The number of hydrogen-bond acceptors (Lipinski definition) is 3. The number of aromatic nitrogens is 1. The summed E-state index contributed by atoms with van der Waals surface area (Å²) in [5, 5.41) is 11.6. The van der Waals surface area contributed by atoms with Gasteiger partial charge in [-0.05, 0) is 17.4 Å². The summed E-state index contributed by atoms with van der Waals surface area (Å²) in [6.07, 6.45) is 1.73. The average molecular weight is 261 g/mol. The van der Waals surface area contributed by atoms with Crippen molar-refractivity contribution >= 4 is 28.5 Å². The van der Waals surface area contributed by atoms with Gasteiger partial charge in [0.2, 0.25) is 0 Å². The van der Waals surface area contributed by atoms with Crippen molar-refractivity contribution in [3.05, 3.63) is 36.5 Å². The fraction of sp³-hybridized carbons (Fsp3) is 0.286. The van der Waals surface area contributed by atoms with Crippen molar-refractivity contribution in [3.63, 3.8) is 0 Å². The molecule has 0 saturated carbocycles. The zero-order valence-electron chi connectivity index (χ0n) is 10.3. The average Bonchev–Trinajstić information content (AvgIpc) is 2.35. The number of pyridine rings is 1. The van der Waals surface area contributed by atoms with Gasteiger partial charge in [0.25, 0.3) is 0 Å². The summed E-state index contributed by atoms with van der Waals surface area (Å²) in [4.78, 5) is 15.5. The molecule has 0 bridgehead atoms. The van der Waals surface area contributed by atoms with Gasteiger partial charge in [0.05, 0.1) is 0 Å². The van der Waals surface area contributed by atoms with Crippen LogP contribution in [0.2, 0.25) is 0 Å². The van der Waals surface area contributed by atoms with Gasteiger partial charge >= 0.3 is 5.97 Å². The zero-order chi connectivity index (χ0) is 13.1. The topological polar surface area (TPSA) is 50.2 Å². The summed E-state index contributed by atoms with van der Waals surface area (Å²) in [5.74, 6) is -0.724. The molecule has 0 saturated heterocycles. The molecule has 0 aliphatic carbocycles. The Hall–Kier alpha value is -1.55. The molecule has 0 spiro atoms. The van der Waals surface area contributed by atoms with Gasteiger partial charge in [0.1, 0.15) is 10.3 Å². The quantitative estimate of drug-likeness (QED) is 0.857. The van der Waals surface area contributed by atoms with E-state index in [1.54, 1.807) is 6.20 Å². The van der Waals surface area contributed by atoms with E-state index in [-0.39, 0.29) is 5.92 Å². The van der Waals surface area contributed by atoms with Gasteiger partial charge in [0, 0.05) is 11.6 Å². The second kappa shape index (κ2) is 5.40. The standard InChI is InChI=1S/C14H15NO2S/c1-9(2)12(14(16)17)18-13-11-6-4-3-5-10(11)7-8-15-13/h3-9,12H,1-2H3,(H,16,17). The predicted octanol–water partition coefficient (Wildman–Crippen LogP) is 3.44. The summed E-state index contributed by atoms with van der Waals surface area (Å²) in [6, 6.07) is 9.83. The van der Waals surface area contributed by atoms with Crippen molar-refractivity contribution in [2.75, 3.05) is 0 Å². The van der Waals surface area contributed by atoms with E-state index in [0.717, 1.165) is 15.8 Å². The molecule has 0 aliphatic heterocycles. The van der Waals surface area contributed by atoms with Crippen LogP contribution in [0, 0.1) is 5.92 Å². The molecular formula is C14H15NO2S. The summed E-state index contributed by atoms with van der Waals surface area (Å²) in [5.41, 5.74) is 0. The van der Waals surface area contributed by atoms with Crippen LogP contribution in [0.5, 0.6) is 0 Å². The monoisotopic (exact) mass is 261 g/mol. The lowest BCUT2D eigenvalue weighted by Crippen LogP contribution is -2.22. The van der Waals surface area contributed by atoms with Crippen LogP contribution in [0.3, 0.4) is 0 Å². The summed E-state index contributed by atoms with van der Waals surface area (Å²) in [7, 11) is 0. The van der Waals surface area contributed by atoms with Crippen molar-refractivity contribution in [2.45, 2.75) is 24.1 Å². The summed E-state index contributed by atoms with van der Waals surface area (Å²) in [6.45, 7) is 3.83. The number of rotatable bonds is 4. The maximum absolute atomic E-state index is 11.2. The first kappa shape index (κ1) is 12.9. The largest absolute Gasteiger partial charge is 0.480 e. The molecule has 2 rings (SSSR count). The Balaban J connectivity index is 2.39. The number of aliphatic carboxylic acids is 1. The molecule has 2 aromatic rings. The maximum Gasteiger partial charge on any atom is 0.317 e. The maximum atomic E-state index is 11.2. The first-order valence-corrected chi connectivity index (χ1v) is 6.71. The first-order chi connectivity index (χ1) is 8.59. The Bertz CT molecular complexity index is 563. The second-order valence-corrected chi connectivity index (χ2v) is 5.59. The van der Waals surface area contributed by atoms with E-state index in [4.69, 9.17) is 0 Å². The number of hydrogen-bond donors (Lipinski definition) is 1. The molecule has 1 heterocycles. The normalized spacial score (nSPS) is 12.8. The summed E-state index contributed by atoms with van der Waals surface area (Å²) < 4.78 is 0. The van der Waals surface area contributed by atoms with E-state index in [1.165, 1.54) is 11.8 Å². The van der Waals surface area contributed by atoms with E-state index >= 15 is 0 Å². The van der Waals surface area contributed by atoms with Gasteiger partial charge in [0.15, 0.2) is 0 Å². The molecule has 4 heteroatoms. The SMILES string of the molecule is CC(C)C(Sc1nccc2ccccc12)C(=O)O. The van der Waals surface area contributed by atoms with Crippen LogP contribution in [0.25, 0.3) is 10.8 Å². The fourth-order valence-corrected chi connectivity index (χ4v) is 2.83. The van der Waals surface area contributed by atoms with Gasteiger partial charge in [-0.15, -0.1) is 0 Å². The van der Waals surface area contributed by atoms with Gasteiger partial charge < -0.3 is 5.11 Å². The van der Waals surface area contributed by atoms with Crippen LogP contribution in [0.15, 0.2) is 41.6 Å². The molecule has 1 atom stereocenters. The van der Waals surface area contributed by atoms with Crippen molar-refractivity contribution in [1.29, 1.82) is 0 Å². The Morgan fingerprint density at radius 3 is 2.67 bits per heavy atom. The predicted molar refractivity (Wildman–Crippen MR) is 73.9 cm³/mol. The Morgan fingerprint density at radius 2 is 2.00 bits per heavy atom. The van der Waals surface area contributed by atoms with Crippen molar-refractivity contribution in [3.8, 4) is 0 Å². The molecule has 0 aliphatic rings. The number of fused-ring (bicyclic) bond motifs is 1. The van der Waals surface area contributed by atoms with Crippen LogP contribution in [0.4, 0.5) is 0 Å². The number of thioether (sulfide) groups is 1. The molecule has 1 unspecified atom stereocenters. The molecular weight excluding hydrogens is 246 g/mol. The van der Waals surface area contributed by atoms with E-state index in [0.29, 0.717) is 0 Å². The molecule has 1 aromatic carbocycles. The number of nitrogens with zero attached hydrogens (tertiary/aromatic N) is 1. The van der Waals surface area contributed by atoms with Crippen LogP contribution in [-0.2, 0) is 4.79 Å².